The average molecular weight is 379 g/mol. The molecule has 1 saturated heterocycles. The molecule has 146 valence electrons. The van der Waals surface area contributed by atoms with E-state index in [-0.39, 0.29) is 12.8 Å². The topological polar surface area (TPSA) is 59.8 Å². The fourth-order valence-corrected chi connectivity index (χ4v) is 3.49. The minimum absolute atomic E-state index is 0.201. The van der Waals surface area contributed by atoms with Crippen molar-refractivity contribution in [2.24, 2.45) is 0 Å². The molecule has 27 heavy (non-hydrogen) atoms. The van der Waals surface area contributed by atoms with Crippen molar-refractivity contribution in [3.8, 4) is 5.75 Å². The highest BCUT2D eigenvalue weighted by Gasteiger charge is 2.38. The highest BCUT2D eigenvalue weighted by Crippen LogP contribution is 2.32. The summed E-state index contributed by atoms with van der Waals surface area (Å²) < 4.78 is 38.4. The molecule has 1 aromatic carbocycles. The quantitative estimate of drug-likeness (QED) is 0.761. The first-order valence-corrected chi connectivity index (χ1v) is 9.11. The number of nitrogens with zero attached hydrogens (tertiary/aromatic N) is 1. The highest BCUT2D eigenvalue weighted by molar-refractivity contribution is 5.88. The number of piperidine rings is 1. The predicted octanol–water partition coefficient (Wildman–Crippen LogP) is 3.69. The van der Waals surface area contributed by atoms with E-state index in [9.17, 15) is 18.4 Å². The Labute approximate surface area is 155 Å². The lowest BCUT2D eigenvalue weighted by atomic mass is 10.0. The third-order valence-corrected chi connectivity index (χ3v) is 4.77. The summed E-state index contributed by atoms with van der Waals surface area (Å²) in [5.74, 6) is -2.92. The van der Waals surface area contributed by atoms with Crippen molar-refractivity contribution in [3.63, 3.8) is 0 Å². The van der Waals surface area contributed by atoms with E-state index in [1.54, 1.807) is 19.1 Å². The van der Waals surface area contributed by atoms with E-state index in [1.807, 2.05) is 13.8 Å². The molecule has 0 saturated carbocycles. The highest BCUT2D eigenvalue weighted by atomic mass is 19.3. The van der Waals surface area contributed by atoms with E-state index < -0.39 is 30.1 Å². The average Bonchev–Trinajstić information content (AvgIpc) is 2.58. The van der Waals surface area contributed by atoms with Gasteiger partial charge >= 0.3 is 5.63 Å². The first-order chi connectivity index (χ1) is 12.7. The molecular weight excluding hydrogens is 356 g/mol. The summed E-state index contributed by atoms with van der Waals surface area (Å²) in [5, 5.41) is 0.631. The summed E-state index contributed by atoms with van der Waals surface area (Å²) in [7, 11) is 0. The number of ether oxygens (including phenoxy) is 1. The SMILES string of the molecule is CCc1cc(=O)oc2cc(C)cc(OC(C)C(=O)N3CCCC(F)(F)C3)c12. The second-order valence-corrected chi connectivity index (χ2v) is 7.06. The van der Waals surface area contributed by atoms with Crippen molar-refractivity contribution in [1.82, 2.24) is 4.90 Å². The number of fused-ring (bicyclic) bond motifs is 1. The van der Waals surface area contributed by atoms with Crippen LogP contribution in [-0.4, -0.2) is 35.9 Å². The van der Waals surface area contributed by atoms with Crippen LogP contribution in [0.1, 0.15) is 37.8 Å². The Morgan fingerprint density at radius 3 is 2.78 bits per heavy atom. The number of hydrogen-bond donors (Lipinski definition) is 0. The molecule has 1 aliphatic heterocycles. The van der Waals surface area contributed by atoms with Crippen LogP contribution in [-0.2, 0) is 11.2 Å². The number of amides is 1. The number of carbonyl (C=O) groups is 1. The summed E-state index contributed by atoms with van der Waals surface area (Å²) in [4.78, 5) is 25.5. The number of benzene rings is 1. The van der Waals surface area contributed by atoms with E-state index in [1.165, 1.54) is 6.07 Å². The molecular formula is C20H23F2NO4. The standard InChI is InChI=1S/C20H23F2NO4/c1-4-14-10-17(24)27-16-9-12(2)8-15(18(14)16)26-13(3)19(25)23-7-5-6-20(21,22)11-23/h8-10,13H,4-7,11H2,1-3H3. The number of alkyl halides is 2. The van der Waals surface area contributed by atoms with Crippen LogP contribution in [0.4, 0.5) is 8.78 Å². The molecule has 1 amide bonds. The van der Waals surface area contributed by atoms with Gasteiger partial charge < -0.3 is 14.1 Å². The molecule has 2 heterocycles. The van der Waals surface area contributed by atoms with Crippen molar-refractivity contribution in [2.75, 3.05) is 13.1 Å². The van der Waals surface area contributed by atoms with Gasteiger partial charge in [0.1, 0.15) is 11.3 Å². The Morgan fingerprint density at radius 2 is 2.11 bits per heavy atom. The van der Waals surface area contributed by atoms with Crippen LogP contribution in [0.3, 0.4) is 0 Å². The van der Waals surface area contributed by atoms with Crippen LogP contribution in [0, 0.1) is 6.92 Å². The molecule has 0 N–H and O–H groups in total. The molecule has 0 aliphatic carbocycles. The molecule has 1 atom stereocenters. The van der Waals surface area contributed by atoms with Gasteiger partial charge in [-0.1, -0.05) is 6.92 Å². The van der Waals surface area contributed by atoms with Crippen LogP contribution >= 0.6 is 0 Å². The summed E-state index contributed by atoms with van der Waals surface area (Å²) in [5.41, 5.74) is 1.49. The maximum atomic E-state index is 13.6. The van der Waals surface area contributed by atoms with Gasteiger partial charge in [-0.25, -0.2) is 13.6 Å². The minimum Gasteiger partial charge on any atom is -0.480 e. The van der Waals surface area contributed by atoms with Crippen molar-refractivity contribution in [3.05, 3.63) is 39.7 Å². The molecule has 1 aliphatic rings. The molecule has 3 rings (SSSR count). The normalized spacial score (nSPS) is 17.7. The molecule has 1 aromatic heterocycles. The van der Waals surface area contributed by atoms with E-state index in [0.717, 1.165) is 16.0 Å². The second kappa shape index (κ2) is 7.29. The summed E-state index contributed by atoms with van der Waals surface area (Å²) >= 11 is 0. The molecule has 5 nitrogen and oxygen atoms in total. The fourth-order valence-electron chi connectivity index (χ4n) is 3.49. The van der Waals surface area contributed by atoms with E-state index in [4.69, 9.17) is 9.15 Å². The van der Waals surface area contributed by atoms with Crippen LogP contribution in [0.15, 0.2) is 27.4 Å². The van der Waals surface area contributed by atoms with Gasteiger partial charge in [-0.05, 0) is 49.9 Å². The number of carbonyl (C=O) groups excluding carboxylic acids is 1. The van der Waals surface area contributed by atoms with Gasteiger partial charge in [0.25, 0.3) is 11.8 Å². The van der Waals surface area contributed by atoms with Crippen LogP contribution in [0.5, 0.6) is 5.75 Å². The zero-order valence-corrected chi connectivity index (χ0v) is 15.7. The van der Waals surface area contributed by atoms with E-state index >= 15 is 0 Å². The number of hydrogen-bond acceptors (Lipinski definition) is 4. The third-order valence-electron chi connectivity index (χ3n) is 4.77. The van der Waals surface area contributed by atoms with Crippen LogP contribution in [0.2, 0.25) is 0 Å². The Kier molecular flexibility index (Phi) is 5.22. The number of aryl methyl sites for hydroxylation is 2. The second-order valence-electron chi connectivity index (χ2n) is 7.06. The Morgan fingerprint density at radius 1 is 1.37 bits per heavy atom. The van der Waals surface area contributed by atoms with Gasteiger partial charge in [-0.2, -0.15) is 0 Å². The molecule has 1 unspecified atom stereocenters. The lowest BCUT2D eigenvalue weighted by Gasteiger charge is -2.34. The van der Waals surface area contributed by atoms with Crippen LogP contribution < -0.4 is 10.4 Å². The van der Waals surface area contributed by atoms with Crippen molar-refractivity contribution in [2.45, 2.75) is 52.1 Å². The summed E-state index contributed by atoms with van der Waals surface area (Å²) in [6.07, 6.45) is -0.278. The largest absolute Gasteiger partial charge is 0.480 e. The van der Waals surface area contributed by atoms with E-state index in [0.29, 0.717) is 29.7 Å². The number of halogens is 2. The Balaban J connectivity index is 1.91. The smallest absolute Gasteiger partial charge is 0.336 e. The maximum Gasteiger partial charge on any atom is 0.336 e. The fraction of sp³-hybridized carbons (Fsp3) is 0.500. The van der Waals surface area contributed by atoms with E-state index in [2.05, 4.69) is 0 Å². The van der Waals surface area contributed by atoms with Gasteiger partial charge in [-0.15, -0.1) is 0 Å². The van der Waals surface area contributed by atoms with Crippen molar-refractivity contribution < 1.29 is 22.7 Å². The lowest BCUT2D eigenvalue weighted by Crippen LogP contribution is -2.49. The maximum absolute atomic E-state index is 13.6. The minimum atomic E-state index is -2.86. The molecule has 2 aromatic rings. The van der Waals surface area contributed by atoms with Gasteiger partial charge in [0.05, 0.1) is 11.9 Å². The van der Waals surface area contributed by atoms with Crippen LogP contribution in [0.25, 0.3) is 11.0 Å². The van der Waals surface area contributed by atoms with Gasteiger partial charge in [0.15, 0.2) is 6.10 Å². The van der Waals surface area contributed by atoms with Crippen molar-refractivity contribution >= 4 is 16.9 Å². The summed E-state index contributed by atoms with van der Waals surface area (Å²) in [6, 6.07) is 4.90. The molecule has 0 bridgehead atoms. The third kappa shape index (κ3) is 4.12. The molecule has 1 fully saturated rings. The lowest BCUT2D eigenvalue weighted by molar-refractivity contribution is -0.148. The first kappa shape index (κ1) is 19.3. The number of rotatable bonds is 4. The molecule has 0 spiro atoms. The van der Waals surface area contributed by atoms with Crippen molar-refractivity contribution in [1.29, 1.82) is 0 Å². The monoisotopic (exact) mass is 379 g/mol. The van der Waals surface area contributed by atoms with Gasteiger partial charge in [-0.3, -0.25) is 4.79 Å². The molecule has 0 radical (unpaired) electrons. The predicted molar refractivity (Wildman–Crippen MR) is 97.5 cm³/mol. The Bertz CT molecular complexity index is 922. The van der Waals surface area contributed by atoms with Gasteiger partial charge in [0.2, 0.25) is 0 Å². The zero-order chi connectivity index (χ0) is 19.8. The zero-order valence-electron chi connectivity index (χ0n) is 15.7. The number of likely N-dealkylation sites (tertiary alicyclic amines) is 1. The first-order valence-electron chi connectivity index (χ1n) is 9.11. The Hall–Kier alpha value is -2.44. The molecule has 7 heteroatoms. The van der Waals surface area contributed by atoms with Gasteiger partial charge in [0, 0.05) is 19.0 Å². The summed E-state index contributed by atoms with van der Waals surface area (Å²) in [6.45, 7) is 4.99.